The monoisotopic (exact) mass is 248 g/mol. The Labute approximate surface area is 106 Å². The maximum absolute atomic E-state index is 10.3. The van der Waals surface area contributed by atoms with Crippen molar-refractivity contribution in [1.29, 1.82) is 0 Å². The molecule has 4 heteroatoms. The van der Waals surface area contributed by atoms with E-state index in [-0.39, 0.29) is 0 Å². The number of allylic oxidation sites excluding steroid dienone is 1. The van der Waals surface area contributed by atoms with Gasteiger partial charge in [0.2, 0.25) is 0 Å². The molecule has 0 radical (unpaired) electrons. The molecule has 0 spiro atoms. The van der Waals surface area contributed by atoms with E-state index in [1.54, 1.807) is 12.1 Å². The van der Waals surface area contributed by atoms with Crippen molar-refractivity contribution >= 4 is 12.2 Å². The normalized spacial score (nSPS) is 16.9. The predicted molar refractivity (Wildman–Crippen MR) is 67.7 cm³/mol. The van der Waals surface area contributed by atoms with E-state index in [1.807, 2.05) is 12.1 Å². The van der Waals surface area contributed by atoms with Crippen LogP contribution in [0.5, 0.6) is 5.75 Å². The first-order chi connectivity index (χ1) is 8.74. The van der Waals surface area contributed by atoms with Gasteiger partial charge in [-0.15, -0.1) is 0 Å². The van der Waals surface area contributed by atoms with Crippen LogP contribution in [-0.2, 0) is 4.74 Å². The molecule has 96 valence electrons. The van der Waals surface area contributed by atoms with Crippen molar-refractivity contribution in [3.63, 3.8) is 0 Å². The van der Waals surface area contributed by atoms with Crippen molar-refractivity contribution in [2.24, 2.45) is 5.92 Å². The molecule has 0 aliphatic carbocycles. The molecular weight excluding hydrogens is 232 g/mol. The Bertz CT molecular complexity index is 416. The quantitative estimate of drug-likeness (QED) is 0.659. The van der Waals surface area contributed by atoms with E-state index in [1.165, 1.54) is 0 Å². The van der Waals surface area contributed by atoms with Crippen LogP contribution in [0.2, 0.25) is 0 Å². The molecule has 18 heavy (non-hydrogen) atoms. The van der Waals surface area contributed by atoms with Crippen LogP contribution in [-0.4, -0.2) is 24.5 Å². The van der Waals surface area contributed by atoms with Gasteiger partial charge in [-0.05, 0) is 36.5 Å². The molecule has 0 saturated carbocycles. The third-order valence-corrected chi connectivity index (χ3v) is 2.91. The fourth-order valence-electron chi connectivity index (χ4n) is 1.90. The zero-order valence-electron chi connectivity index (χ0n) is 10.0. The zero-order chi connectivity index (χ0) is 12.8. The number of rotatable bonds is 3. The van der Waals surface area contributed by atoms with Gasteiger partial charge in [0, 0.05) is 13.2 Å². The largest absolute Gasteiger partial charge is 0.511 e. The van der Waals surface area contributed by atoms with Gasteiger partial charge in [-0.2, -0.15) is 0 Å². The van der Waals surface area contributed by atoms with Crippen LogP contribution in [0, 0.1) is 5.92 Å². The summed E-state index contributed by atoms with van der Waals surface area (Å²) in [4.78, 5) is 10.3. The predicted octanol–water partition coefficient (Wildman–Crippen LogP) is 3.18. The molecule has 1 heterocycles. The van der Waals surface area contributed by atoms with E-state index < -0.39 is 6.16 Å². The Kier molecular flexibility index (Phi) is 4.36. The van der Waals surface area contributed by atoms with Crippen molar-refractivity contribution in [3.8, 4) is 5.75 Å². The Morgan fingerprint density at radius 1 is 1.28 bits per heavy atom. The van der Waals surface area contributed by atoms with Crippen molar-refractivity contribution in [1.82, 2.24) is 0 Å². The first kappa shape index (κ1) is 12.6. The highest BCUT2D eigenvalue weighted by Crippen LogP contribution is 2.18. The van der Waals surface area contributed by atoms with Crippen molar-refractivity contribution in [3.05, 3.63) is 35.9 Å². The average Bonchev–Trinajstić information content (AvgIpc) is 2.38. The van der Waals surface area contributed by atoms with Crippen LogP contribution in [0.1, 0.15) is 18.4 Å². The Balaban J connectivity index is 1.92. The maximum Gasteiger partial charge on any atom is 0.511 e. The van der Waals surface area contributed by atoms with Gasteiger partial charge in [-0.25, -0.2) is 4.79 Å². The Morgan fingerprint density at radius 3 is 2.56 bits per heavy atom. The summed E-state index contributed by atoms with van der Waals surface area (Å²) in [5, 5.41) is 8.46. The van der Waals surface area contributed by atoms with E-state index >= 15 is 0 Å². The lowest BCUT2D eigenvalue weighted by Crippen LogP contribution is -2.13. The molecule has 0 unspecified atom stereocenters. The van der Waals surface area contributed by atoms with Gasteiger partial charge in [-0.3, -0.25) is 0 Å². The number of hydrogen-bond donors (Lipinski definition) is 1. The lowest BCUT2D eigenvalue weighted by molar-refractivity contribution is 0.0787. The molecule has 0 atom stereocenters. The summed E-state index contributed by atoms with van der Waals surface area (Å²) in [7, 11) is 0. The molecule has 1 aromatic carbocycles. The Morgan fingerprint density at radius 2 is 1.94 bits per heavy atom. The molecule has 0 aromatic heterocycles. The molecule has 1 fully saturated rings. The second kappa shape index (κ2) is 6.21. The van der Waals surface area contributed by atoms with E-state index in [0.717, 1.165) is 31.6 Å². The third kappa shape index (κ3) is 3.89. The summed E-state index contributed by atoms with van der Waals surface area (Å²) in [6.07, 6.45) is 5.09. The average molecular weight is 248 g/mol. The van der Waals surface area contributed by atoms with Crippen molar-refractivity contribution in [2.75, 3.05) is 13.2 Å². The van der Waals surface area contributed by atoms with Gasteiger partial charge in [-0.1, -0.05) is 24.3 Å². The van der Waals surface area contributed by atoms with Crippen molar-refractivity contribution in [2.45, 2.75) is 12.8 Å². The minimum Gasteiger partial charge on any atom is -0.449 e. The minimum atomic E-state index is -1.29. The summed E-state index contributed by atoms with van der Waals surface area (Å²) in [5.41, 5.74) is 1.04. The lowest BCUT2D eigenvalue weighted by atomic mass is 9.99. The molecule has 1 N–H and O–H groups in total. The highest BCUT2D eigenvalue weighted by molar-refractivity contribution is 5.61. The van der Waals surface area contributed by atoms with Gasteiger partial charge >= 0.3 is 6.16 Å². The fraction of sp³-hybridized carbons (Fsp3) is 0.357. The van der Waals surface area contributed by atoms with E-state index in [9.17, 15) is 4.79 Å². The van der Waals surface area contributed by atoms with E-state index in [0.29, 0.717) is 11.7 Å². The van der Waals surface area contributed by atoms with Crippen LogP contribution in [0.4, 0.5) is 4.79 Å². The smallest absolute Gasteiger partial charge is 0.449 e. The van der Waals surface area contributed by atoms with Crippen LogP contribution in [0.25, 0.3) is 6.08 Å². The van der Waals surface area contributed by atoms with Gasteiger partial charge in [0.25, 0.3) is 0 Å². The van der Waals surface area contributed by atoms with E-state index in [4.69, 9.17) is 9.84 Å². The summed E-state index contributed by atoms with van der Waals surface area (Å²) < 4.78 is 9.84. The molecule has 2 rings (SSSR count). The standard InChI is InChI=1S/C14H16O4/c15-14(16)18-13-5-3-11(4-6-13)1-2-12-7-9-17-10-8-12/h1-6,12H,7-10H2,(H,15,16)/b2-1-. The number of carbonyl (C=O) groups is 1. The molecular formula is C14H16O4. The summed E-state index contributed by atoms with van der Waals surface area (Å²) in [6, 6.07) is 6.98. The molecule has 0 bridgehead atoms. The second-order valence-corrected chi connectivity index (χ2v) is 4.25. The molecule has 0 amide bonds. The first-order valence-electron chi connectivity index (χ1n) is 6.01. The minimum absolute atomic E-state index is 0.339. The molecule has 1 aliphatic heterocycles. The van der Waals surface area contributed by atoms with Crippen molar-refractivity contribution < 1.29 is 19.4 Å². The topological polar surface area (TPSA) is 55.8 Å². The van der Waals surface area contributed by atoms with Crippen LogP contribution >= 0.6 is 0 Å². The number of hydrogen-bond acceptors (Lipinski definition) is 3. The molecule has 4 nitrogen and oxygen atoms in total. The molecule has 1 aromatic rings. The Hall–Kier alpha value is -1.81. The van der Waals surface area contributed by atoms with Gasteiger partial charge in [0.15, 0.2) is 0 Å². The SMILES string of the molecule is O=C(O)Oc1ccc(/C=C\C2CCOCC2)cc1. The van der Waals surface area contributed by atoms with Crippen LogP contribution < -0.4 is 4.74 Å². The highest BCUT2D eigenvalue weighted by atomic mass is 16.7. The number of ether oxygens (including phenoxy) is 2. The van der Waals surface area contributed by atoms with Gasteiger partial charge in [0.05, 0.1) is 0 Å². The summed E-state index contributed by atoms with van der Waals surface area (Å²) >= 11 is 0. The summed E-state index contributed by atoms with van der Waals surface area (Å²) in [5.74, 6) is 0.916. The maximum atomic E-state index is 10.3. The number of carboxylic acid groups (broad SMARTS) is 1. The van der Waals surface area contributed by atoms with Crippen LogP contribution in [0.15, 0.2) is 30.3 Å². The van der Waals surface area contributed by atoms with Gasteiger partial charge in [0.1, 0.15) is 5.75 Å². The highest BCUT2D eigenvalue weighted by Gasteiger charge is 2.09. The number of benzene rings is 1. The van der Waals surface area contributed by atoms with Gasteiger partial charge < -0.3 is 14.6 Å². The molecule has 1 aliphatic rings. The van der Waals surface area contributed by atoms with Crippen LogP contribution in [0.3, 0.4) is 0 Å². The second-order valence-electron chi connectivity index (χ2n) is 4.25. The lowest BCUT2D eigenvalue weighted by Gasteiger charge is -2.18. The third-order valence-electron chi connectivity index (χ3n) is 2.91. The fourth-order valence-corrected chi connectivity index (χ4v) is 1.90. The van der Waals surface area contributed by atoms with E-state index in [2.05, 4.69) is 16.9 Å². The zero-order valence-corrected chi connectivity index (χ0v) is 10.0. The summed E-state index contributed by atoms with van der Waals surface area (Å²) in [6.45, 7) is 1.67. The first-order valence-corrected chi connectivity index (χ1v) is 6.01. The molecule has 1 saturated heterocycles.